The summed E-state index contributed by atoms with van der Waals surface area (Å²) in [5.41, 5.74) is 8.79. The van der Waals surface area contributed by atoms with E-state index in [1.165, 1.54) is 27.8 Å². The number of benzene rings is 3. The molecule has 4 rings (SSSR count). The third-order valence-corrected chi connectivity index (χ3v) is 5.22. The fraction of sp³-hybridized carbons (Fsp3) is 0.217. The highest BCUT2D eigenvalue weighted by atomic mass is 16.3. The van der Waals surface area contributed by atoms with Crippen molar-refractivity contribution in [1.29, 1.82) is 0 Å². The summed E-state index contributed by atoms with van der Waals surface area (Å²) in [6.45, 7) is 4.21. The number of aromatic hydroxyl groups is 1. The normalized spacial score (nSPS) is 12.9. The summed E-state index contributed by atoms with van der Waals surface area (Å²) in [7, 11) is 0. The zero-order valence-electron chi connectivity index (χ0n) is 14.2. The van der Waals surface area contributed by atoms with Crippen LogP contribution in [-0.4, -0.2) is 5.11 Å². The molecule has 1 heteroatoms. The Morgan fingerprint density at radius 2 is 1.21 bits per heavy atom. The fourth-order valence-electron chi connectivity index (χ4n) is 4.01. The van der Waals surface area contributed by atoms with Gasteiger partial charge in [0.15, 0.2) is 0 Å². The van der Waals surface area contributed by atoms with Gasteiger partial charge in [-0.25, -0.2) is 0 Å². The molecule has 0 spiro atoms. The lowest BCUT2D eigenvalue weighted by atomic mass is 9.86. The molecule has 0 fully saturated rings. The molecule has 3 aromatic rings. The van der Waals surface area contributed by atoms with Crippen molar-refractivity contribution in [3.8, 4) is 16.9 Å². The summed E-state index contributed by atoms with van der Waals surface area (Å²) in [6.07, 6.45) is 1.70. The van der Waals surface area contributed by atoms with Gasteiger partial charge >= 0.3 is 0 Å². The van der Waals surface area contributed by atoms with Crippen LogP contribution in [0.1, 0.15) is 47.6 Å². The lowest BCUT2D eigenvalue weighted by Crippen LogP contribution is -2.02. The average Bonchev–Trinajstić information content (AvgIpc) is 2.97. The quantitative estimate of drug-likeness (QED) is 0.516. The summed E-state index contributed by atoms with van der Waals surface area (Å²) < 4.78 is 0. The van der Waals surface area contributed by atoms with Crippen LogP contribution in [0, 0.1) is 0 Å². The monoisotopic (exact) mass is 314 g/mol. The second-order valence-electron chi connectivity index (χ2n) is 6.50. The maximum atomic E-state index is 10.4. The number of rotatable bonds is 3. The molecule has 0 bridgehead atoms. The van der Waals surface area contributed by atoms with Crippen molar-refractivity contribution >= 4 is 0 Å². The van der Waals surface area contributed by atoms with E-state index in [-0.39, 0.29) is 5.92 Å². The van der Waals surface area contributed by atoms with Crippen LogP contribution in [0.2, 0.25) is 0 Å². The molecule has 3 aromatic carbocycles. The van der Waals surface area contributed by atoms with Gasteiger partial charge in [-0.2, -0.15) is 0 Å². The van der Waals surface area contributed by atoms with E-state index in [2.05, 4.69) is 74.5 Å². The first-order valence-electron chi connectivity index (χ1n) is 8.77. The van der Waals surface area contributed by atoms with Crippen molar-refractivity contribution in [2.75, 3.05) is 0 Å². The molecule has 0 unspecified atom stereocenters. The minimum atomic E-state index is 0.258. The van der Waals surface area contributed by atoms with Gasteiger partial charge in [-0.05, 0) is 51.8 Å². The second-order valence-corrected chi connectivity index (χ2v) is 6.50. The zero-order chi connectivity index (χ0) is 16.7. The molecule has 0 aromatic heterocycles. The van der Waals surface area contributed by atoms with Gasteiger partial charge in [0.2, 0.25) is 0 Å². The largest absolute Gasteiger partial charge is 0.507 e. The van der Waals surface area contributed by atoms with E-state index in [1.807, 2.05) is 0 Å². The smallest absolute Gasteiger partial charge is 0.121 e. The van der Waals surface area contributed by atoms with E-state index >= 15 is 0 Å². The average molecular weight is 314 g/mol. The summed E-state index contributed by atoms with van der Waals surface area (Å²) in [5, 5.41) is 10.4. The SMILES string of the molecule is CCc1cc(C2c3ccccc3-c3ccccc32)cc(CC)c1O. The van der Waals surface area contributed by atoms with Crippen LogP contribution in [0.3, 0.4) is 0 Å². The second kappa shape index (κ2) is 5.83. The van der Waals surface area contributed by atoms with Gasteiger partial charge in [0, 0.05) is 5.92 Å². The number of fused-ring (bicyclic) bond motifs is 3. The lowest BCUT2D eigenvalue weighted by Gasteiger charge is -2.18. The Hall–Kier alpha value is -2.54. The molecule has 0 saturated heterocycles. The first-order valence-corrected chi connectivity index (χ1v) is 8.77. The summed E-state index contributed by atoms with van der Waals surface area (Å²) in [6, 6.07) is 21.8. The topological polar surface area (TPSA) is 20.2 Å². The van der Waals surface area contributed by atoms with Gasteiger partial charge in [0.05, 0.1) is 0 Å². The number of hydrogen-bond acceptors (Lipinski definition) is 1. The zero-order valence-corrected chi connectivity index (χ0v) is 14.2. The summed E-state index contributed by atoms with van der Waals surface area (Å²) in [5.74, 6) is 0.733. The Kier molecular flexibility index (Phi) is 3.65. The molecule has 0 atom stereocenters. The van der Waals surface area contributed by atoms with Crippen LogP contribution in [0.15, 0.2) is 60.7 Å². The molecular formula is C23H22O. The third-order valence-electron chi connectivity index (χ3n) is 5.22. The molecule has 0 radical (unpaired) electrons. The number of aryl methyl sites for hydroxylation is 2. The molecule has 0 saturated carbocycles. The van der Waals surface area contributed by atoms with E-state index in [9.17, 15) is 5.11 Å². The van der Waals surface area contributed by atoms with Crippen LogP contribution in [-0.2, 0) is 12.8 Å². The van der Waals surface area contributed by atoms with E-state index < -0.39 is 0 Å². The molecule has 1 aliphatic carbocycles. The maximum Gasteiger partial charge on any atom is 0.121 e. The van der Waals surface area contributed by atoms with Gasteiger partial charge in [-0.15, -0.1) is 0 Å². The van der Waals surface area contributed by atoms with Crippen molar-refractivity contribution in [3.05, 3.63) is 88.5 Å². The van der Waals surface area contributed by atoms with Crippen LogP contribution >= 0.6 is 0 Å². The number of hydrogen-bond donors (Lipinski definition) is 1. The van der Waals surface area contributed by atoms with Gasteiger partial charge in [0.25, 0.3) is 0 Å². The maximum absolute atomic E-state index is 10.4. The highest BCUT2D eigenvalue weighted by Crippen LogP contribution is 2.48. The molecule has 0 heterocycles. The molecule has 0 amide bonds. The summed E-state index contributed by atoms with van der Waals surface area (Å²) in [4.78, 5) is 0. The lowest BCUT2D eigenvalue weighted by molar-refractivity contribution is 0.462. The minimum absolute atomic E-state index is 0.258. The van der Waals surface area contributed by atoms with E-state index in [0.29, 0.717) is 5.75 Å². The Morgan fingerprint density at radius 1 is 0.750 bits per heavy atom. The molecule has 1 N–H and O–H groups in total. The van der Waals surface area contributed by atoms with Crippen molar-refractivity contribution < 1.29 is 5.11 Å². The van der Waals surface area contributed by atoms with E-state index in [0.717, 1.165) is 24.0 Å². The first-order chi connectivity index (χ1) is 11.7. The van der Waals surface area contributed by atoms with Gasteiger partial charge in [-0.3, -0.25) is 0 Å². The Balaban J connectivity index is 1.97. The van der Waals surface area contributed by atoms with E-state index in [1.54, 1.807) is 0 Å². The Bertz CT molecular complexity index is 837. The number of phenolic OH excluding ortho intramolecular Hbond substituents is 1. The molecule has 1 nitrogen and oxygen atoms in total. The summed E-state index contributed by atoms with van der Waals surface area (Å²) >= 11 is 0. The molecule has 0 aliphatic heterocycles. The standard InChI is InChI=1S/C23H22O/c1-3-15-13-17(14-16(4-2)23(15)24)22-20-11-7-5-9-18(20)19-10-6-8-12-21(19)22/h5-14,22,24H,3-4H2,1-2H3. The predicted molar refractivity (Wildman–Crippen MR) is 99.7 cm³/mol. The van der Waals surface area contributed by atoms with Crippen molar-refractivity contribution in [1.82, 2.24) is 0 Å². The van der Waals surface area contributed by atoms with Crippen LogP contribution in [0.25, 0.3) is 11.1 Å². The highest BCUT2D eigenvalue weighted by Gasteiger charge is 2.29. The highest BCUT2D eigenvalue weighted by molar-refractivity contribution is 5.80. The van der Waals surface area contributed by atoms with Crippen molar-refractivity contribution in [2.24, 2.45) is 0 Å². The Labute approximate surface area is 143 Å². The predicted octanol–water partition coefficient (Wildman–Crippen LogP) is 5.68. The first kappa shape index (κ1) is 15.0. The van der Waals surface area contributed by atoms with Crippen LogP contribution in [0.5, 0.6) is 5.75 Å². The van der Waals surface area contributed by atoms with Crippen LogP contribution < -0.4 is 0 Å². The number of phenols is 1. The molecular weight excluding hydrogens is 292 g/mol. The van der Waals surface area contributed by atoms with Crippen molar-refractivity contribution in [3.63, 3.8) is 0 Å². The Morgan fingerprint density at radius 3 is 1.67 bits per heavy atom. The van der Waals surface area contributed by atoms with Crippen molar-refractivity contribution in [2.45, 2.75) is 32.6 Å². The fourth-order valence-corrected chi connectivity index (χ4v) is 4.01. The van der Waals surface area contributed by atoms with Gasteiger partial charge < -0.3 is 5.11 Å². The van der Waals surface area contributed by atoms with E-state index in [4.69, 9.17) is 0 Å². The molecule has 1 aliphatic rings. The third kappa shape index (κ3) is 2.16. The van der Waals surface area contributed by atoms with Crippen LogP contribution in [0.4, 0.5) is 0 Å². The molecule has 24 heavy (non-hydrogen) atoms. The minimum Gasteiger partial charge on any atom is -0.507 e. The molecule has 120 valence electrons. The van der Waals surface area contributed by atoms with Gasteiger partial charge in [-0.1, -0.05) is 74.5 Å². The van der Waals surface area contributed by atoms with Gasteiger partial charge in [0.1, 0.15) is 5.75 Å².